The molecule has 7 heteroatoms. The minimum atomic E-state index is -0.360. The molecule has 0 aliphatic carbocycles. The first-order chi connectivity index (χ1) is 11.3. The van der Waals surface area contributed by atoms with Gasteiger partial charge in [-0.3, -0.25) is 4.81 Å². The summed E-state index contributed by atoms with van der Waals surface area (Å²) in [5.41, 5.74) is -1.31. The maximum absolute atomic E-state index is 6.26. The number of nitrogens with zero attached hydrogens (tertiary/aromatic N) is 1. The quantitative estimate of drug-likeness (QED) is 0.516. The minimum Gasteiger partial charge on any atom is -0.402 e. The van der Waals surface area contributed by atoms with E-state index in [1.807, 2.05) is 0 Å². The summed E-state index contributed by atoms with van der Waals surface area (Å²) in [6, 6.07) is 0. The van der Waals surface area contributed by atoms with Crippen molar-refractivity contribution in [3.8, 4) is 0 Å². The molecule has 25 heavy (non-hydrogen) atoms. The molecule has 0 spiro atoms. The largest absolute Gasteiger partial charge is 0.558 e. The standard InChI is InChI=1S/C18H37B2NO4/c1-10-11-12-13-21(20-24-17(6,7)18(8,9)25-20)14-19-22-15(2,3)16(4,5)23-19/h10-14H2,1-9H3. The zero-order valence-electron chi connectivity index (χ0n) is 17.8. The van der Waals surface area contributed by atoms with Crippen LogP contribution in [0.1, 0.15) is 81.6 Å². The van der Waals surface area contributed by atoms with Crippen LogP contribution in [0.3, 0.4) is 0 Å². The Bertz CT molecular complexity index is 436. The Morgan fingerprint density at radius 3 is 1.56 bits per heavy atom. The molecule has 2 rings (SSSR count). The summed E-state index contributed by atoms with van der Waals surface area (Å²) in [4.78, 5) is 2.23. The van der Waals surface area contributed by atoms with Gasteiger partial charge in [-0.25, -0.2) is 0 Å². The Hall–Kier alpha value is -0.0701. The van der Waals surface area contributed by atoms with Crippen LogP contribution in [0, 0.1) is 0 Å². The Labute approximate surface area is 155 Å². The van der Waals surface area contributed by atoms with Crippen molar-refractivity contribution >= 4 is 14.4 Å². The normalized spacial score (nSPS) is 26.6. The molecule has 0 aromatic heterocycles. The fourth-order valence-electron chi connectivity index (χ4n) is 3.04. The number of unbranched alkanes of at least 4 members (excludes halogenated alkanes) is 2. The van der Waals surface area contributed by atoms with E-state index in [4.69, 9.17) is 18.6 Å². The summed E-state index contributed by atoms with van der Waals surface area (Å²) >= 11 is 0. The van der Waals surface area contributed by atoms with Gasteiger partial charge in [0.2, 0.25) is 0 Å². The molecule has 0 amide bonds. The van der Waals surface area contributed by atoms with Crippen LogP contribution in [-0.2, 0) is 18.6 Å². The van der Waals surface area contributed by atoms with Crippen molar-refractivity contribution in [2.75, 3.05) is 13.0 Å². The maximum atomic E-state index is 6.26. The smallest absolute Gasteiger partial charge is 0.402 e. The van der Waals surface area contributed by atoms with Crippen LogP contribution < -0.4 is 0 Å². The van der Waals surface area contributed by atoms with E-state index in [1.165, 1.54) is 12.8 Å². The van der Waals surface area contributed by atoms with Crippen LogP contribution in [0.2, 0.25) is 0 Å². The molecule has 0 aromatic rings. The third-order valence-electron chi connectivity index (χ3n) is 6.27. The lowest BCUT2D eigenvalue weighted by molar-refractivity contribution is 0.00578. The summed E-state index contributed by atoms with van der Waals surface area (Å²) in [7, 11) is -0.633. The average molecular weight is 353 g/mol. The first kappa shape index (κ1) is 21.2. The molecule has 144 valence electrons. The van der Waals surface area contributed by atoms with Crippen molar-refractivity contribution < 1.29 is 18.6 Å². The lowest BCUT2D eigenvalue weighted by Gasteiger charge is -2.32. The van der Waals surface area contributed by atoms with Gasteiger partial charge in [0.25, 0.3) is 0 Å². The third-order valence-corrected chi connectivity index (χ3v) is 6.27. The van der Waals surface area contributed by atoms with Gasteiger partial charge in [0.15, 0.2) is 0 Å². The Balaban J connectivity index is 2.07. The van der Waals surface area contributed by atoms with E-state index in [9.17, 15) is 0 Å². The molecule has 0 saturated carbocycles. The lowest BCUT2D eigenvalue weighted by atomic mass is 9.85. The Morgan fingerprint density at radius 1 is 0.680 bits per heavy atom. The van der Waals surface area contributed by atoms with E-state index >= 15 is 0 Å². The van der Waals surface area contributed by atoms with Crippen molar-refractivity contribution in [2.45, 2.75) is 104 Å². The van der Waals surface area contributed by atoms with Gasteiger partial charge in [-0.05, 0) is 68.4 Å². The molecule has 0 radical (unpaired) electrons. The first-order valence-electron chi connectivity index (χ1n) is 9.77. The Morgan fingerprint density at radius 2 is 1.12 bits per heavy atom. The molecule has 2 aliphatic rings. The predicted molar refractivity (Wildman–Crippen MR) is 103 cm³/mol. The second-order valence-electron chi connectivity index (χ2n) is 9.45. The second kappa shape index (κ2) is 7.16. The van der Waals surface area contributed by atoms with Gasteiger partial charge in [0.05, 0.1) is 22.4 Å². The molecular formula is C18H37B2NO4. The first-order valence-corrected chi connectivity index (χ1v) is 9.77. The molecule has 2 fully saturated rings. The highest BCUT2D eigenvalue weighted by molar-refractivity contribution is 6.49. The van der Waals surface area contributed by atoms with Crippen LogP contribution in [0.15, 0.2) is 0 Å². The van der Waals surface area contributed by atoms with E-state index in [1.54, 1.807) is 0 Å². The van der Waals surface area contributed by atoms with Crippen LogP contribution >= 0.6 is 0 Å². The molecule has 0 N–H and O–H groups in total. The number of hydrogen-bond acceptors (Lipinski definition) is 5. The maximum Gasteiger partial charge on any atom is 0.558 e. The zero-order valence-corrected chi connectivity index (χ0v) is 17.8. The van der Waals surface area contributed by atoms with Gasteiger partial charge in [-0.2, -0.15) is 0 Å². The SMILES string of the molecule is CCCCCN(CB1OC(C)(C)C(C)(C)O1)B1OC(C)(C)C(C)(C)O1. The van der Waals surface area contributed by atoms with Crippen LogP contribution in [-0.4, -0.2) is 54.6 Å². The Kier molecular flexibility index (Phi) is 6.08. The van der Waals surface area contributed by atoms with Crippen molar-refractivity contribution in [3.63, 3.8) is 0 Å². The predicted octanol–water partition coefficient (Wildman–Crippen LogP) is 3.70. The lowest BCUT2D eigenvalue weighted by Crippen LogP contribution is -2.48. The van der Waals surface area contributed by atoms with E-state index in [0.29, 0.717) is 6.44 Å². The van der Waals surface area contributed by atoms with Crippen LogP contribution in [0.4, 0.5) is 0 Å². The highest BCUT2D eigenvalue weighted by Crippen LogP contribution is 2.39. The van der Waals surface area contributed by atoms with E-state index in [-0.39, 0.29) is 36.8 Å². The van der Waals surface area contributed by atoms with Crippen molar-refractivity contribution in [1.82, 2.24) is 4.81 Å². The van der Waals surface area contributed by atoms with Crippen molar-refractivity contribution in [1.29, 1.82) is 0 Å². The van der Waals surface area contributed by atoms with Crippen LogP contribution in [0.25, 0.3) is 0 Å². The summed E-state index contributed by atoms with van der Waals surface area (Å²) in [6.07, 6.45) is 4.14. The molecule has 0 atom stereocenters. The third kappa shape index (κ3) is 4.44. The average Bonchev–Trinajstić information content (AvgIpc) is 2.77. The van der Waals surface area contributed by atoms with Gasteiger partial charge in [0.1, 0.15) is 0 Å². The number of hydrogen-bond donors (Lipinski definition) is 0. The van der Waals surface area contributed by atoms with Gasteiger partial charge in [-0.15, -0.1) is 0 Å². The molecule has 0 aromatic carbocycles. The van der Waals surface area contributed by atoms with Gasteiger partial charge >= 0.3 is 14.4 Å². The van der Waals surface area contributed by atoms with Crippen LogP contribution in [0.5, 0.6) is 0 Å². The molecule has 0 unspecified atom stereocenters. The van der Waals surface area contributed by atoms with Gasteiger partial charge < -0.3 is 18.6 Å². The summed E-state index contributed by atoms with van der Waals surface area (Å²) in [5.74, 6) is 0. The summed E-state index contributed by atoms with van der Waals surface area (Å²) in [5, 5.41) is 0. The van der Waals surface area contributed by atoms with Crippen molar-refractivity contribution in [2.24, 2.45) is 0 Å². The topological polar surface area (TPSA) is 40.2 Å². The molecular weight excluding hydrogens is 316 g/mol. The monoisotopic (exact) mass is 353 g/mol. The van der Waals surface area contributed by atoms with E-state index < -0.39 is 0 Å². The van der Waals surface area contributed by atoms with Crippen molar-refractivity contribution in [3.05, 3.63) is 0 Å². The second-order valence-corrected chi connectivity index (χ2v) is 9.45. The zero-order chi connectivity index (χ0) is 19.1. The van der Waals surface area contributed by atoms with Gasteiger partial charge in [0, 0.05) is 6.44 Å². The summed E-state index contributed by atoms with van der Waals surface area (Å²) < 4.78 is 24.9. The van der Waals surface area contributed by atoms with E-state index in [0.717, 1.165) is 13.0 Å². The molecule has 0 bridgehead atoms. The highest BCUT2D eigenvalue weighted by atomic mass is 16.7. The molecule has 5 nitrogen and oxygen atoms in total. The fraction of sp³-hybridized carbons (Fsp3) is 1.00. The number of rotatable bonds is 7. The minimum absolute atomic E-state index is 0.273. The van der Waals surface area contributed by atoms with Gasteiger partial charge in [-0.1, -0.05) is 19.8 Å². The molecule has 2 saturated heterocycles. The van der Waals surface area contributed by atoms with E-state index in [2.05, 4.69) is 67.1 Å². The summed E-state index contributed by atoms with van der Waals surface area (Å²) in [6.45, 7) is 19.8. The highest BCUT2D eigenvalue weighted by Gasteiger charge is 2.56. The fourth-order valence-corrected chi connectivity index (χ4v) is 3.04. The molecule has 2 heterocycles. The molecule has 2 aliphatic heterocycles.